The van der Waals surface area contributed by atoms with Crippen molar-refractivity contribution in [2.24, 2.45) is 26.2 Å². The molecule has 0 fully saturated rings. The SMILES string of the molecule is Cn1c(=O)c2c(nc(NN=CCc3ccccc3)n2C)n(C)c1=O. The molecule has 2 aromatic heterocycles. The largest absolute Gasteiger partial charge is 0.332 e. The molecular weight excluding hydrogens is 308 g/mol. The van der Waals surface area contributed by atoms with Crippen molar-refractivity contribution >= 4 is 23.3 Å². The van der Waals surface area contributed by atoms with Crippen LogP contribution >= 0.6 is 0 Å². The van der Waals surface area contributed by atoms with E-state index in [1.165, 1.54) is 11.6 Å². The van der Waals surface area contributed by atoms with Gasteiger partial charge in [0.15, 0.2) is 11.2 Å². The monoisotopic (exact) mass is 326 g/mol. The van der Waals surface area contributed by atoms with Crippen LogP contribution in [0.3, 0.4) is 0 Å². The number of benzene rings is 1. The fourth-order valence-electron chi connectivity index (χ4n) is 2.49. The first-order valence-electron chi connectivity index (χ1n) is 7.44. The molecule has 0 aliphatic heterocycles. The van der Waals surface area contributed by atoms with E-state index >= 15 is 0 Å². The Hall–Kier alpha value is -3.16. The number of anilines is 1. The summed E-state index contributed by atoms with van der Waals surface area (Å²) in [6.45, 7) is 0. The number of aryl methyl sites for hydroxylation is 2. The Balaban J connectivity index is 1.90. The summed E-state index contributed by atoms with van der Waals surface area (Å²) in [5.74, 6) is 0.396. The van der Waals surface area contributed by atoms with Gasteiger partial charge in [0.05, 0.1) is 0 Å². The van der Waals surface area contributed by atoms with E-state index in [0.717, 1.165) is 10.1 Å². The molecule has 0 atom stereocenters. The van der Waals surface area contributed by atoms with Crippen LogP contribution in [-0.2, 0) is 27.6 Å². The van der Waals surface area contributed by atoms with Crippen molar-refractivity contribution in [2.75, 3.05) is 5.43 Å². The van der Waals surface area contributed by atoms with Crippen molar-refractivity contribution in [2.45, 2.75) is 6.42 Å². The summed E-state index contributed by atoms with van der Waals surface area (Å²) >= 11 is 0. The van der Waals surface area contributed by atoms with Crippen LogP contribution in [-0.4, -0.2) is 24.9 Å². The van der Waals surface area contributed by atoms with E-state index in [1.807, 2.05) is 30.3 Å². The van der Waals surface area contributed by atoms with Crippen LogP contribution in [0.1, 0.15) is 5.56 Å². The number of hydrazone groups is 1. The van der Waals surface area contributed by atoms with Gasteiger partial charge in [-0.3, -0.25) is 13.9 Å². The summed E-state index contributed by atoms with van der Waals surface area (Å²) in [5.41, 5.74) is 3.84. The molecule has 0 bridgehead atoms. The molecule has 0 spiro atoms. The standard InChI is InChI=1S/C16H18N6O2/c1-20-12-13(21(2)16(24)22(3)14(12)23)18-15(20)19-17-10-9-11-7-5-4-6-8-11/h4-8,10H,9H2,1-3H3,(H,18,19). The predicted molar refractivity (Wildman–Crippen MR) is 93.5 cm³/mol. The molecule has 0 amide bonds. The average molecular weight is 326 g/mol. The van der Waals surface area contributed by atoms with Gasteiger partial charge in [-0.2, -0.15) is 10.1 Å². The predicted octanol–water partition coefficient (Wildman–Crippen LogP) is 0.611. The first-order valence-corrected chi connectivity index (χ1v) is 7.44. The minimum Gasteiger partial charge on any atom is -0.306 e. The second kappa shape index (κ2) is 6.15. The minimum absolute atomic E-state index is 0.325. The summed E-state index contributed by atoms with van der Waals surface area (Å²) in [6.07, 6.45) is 2.41. The van der Waals surface area contributed by atoms with Crippen LogP contribution in [0.2, 0.25) is 0 Å². The maximum atomic E-state index is 12.3. The van der Waals surface area contributed by atoms with Gasteiger partial charge in [-0.1, -0.05) is 30.3 Å². The zero-order valence-electron chi connectivity index (χ0n) is 13.7. The highest BCUT2D eigenvalue weighted by Crippen LogP contribution is 2.12. The van der Waals surface area contributed by atoms with Gasteiger partial charge in [-0.15, -0.1) is 0 Å². The van der Waals surface area contributed by atoms with E-state index in [-0.39, 0.29) is 5.56 Å². The fraction of sp³-hybridized carbons (Fsp3) is 0.250. The van der Waals surface area contributed by atoms with Crippen LogP contribution in [0.4, 0.5) is 5.95 Å². The molecule has 24 heavy (non-hydrogen) atoms. The molecule has 124 valence electrons. The summed E-state index contributed by atoms with van der Waals surface area (Å²) in [6, 6.07) is 9.93. The molecule has 0 unspecified atom stereocenters. The highest BCUT2D eigenvalue weighted by atomic mass is 16.2. The Morgan fingerprint density at radius 1 is 1.08 bits per heavy atom. The summed E-state index contributed by atoms with van der Waals surface area (Å²) in [4.78, 5) is 28.5. The number of aromatic nitrogens is 4. The molecule has 0 aliphatic carbocycles. The van der Waals surface area contributed by atoms with Gasteiger partial charge >= 0.3 is 5.69 Å². The first kappa shape index (κ1) is 15.7. The normalized spacial score (nSPS) is 11.5. The second-order valence-electron chi connectivity index (χ2n) is 5.49. The van der Waals surface area contributed by atoms with Crippen LogP contribution in [0, 0.1) is 0 Å². The second-order valence-corrected chi connectivity index (χ2v) is 5.49. The molecule has 2 heterocycles. The lowest BCUT2D eigenvalue weighted by Crippen LogP contribution is -2.37. The van der Waals surface area contributed by atoms with Crippen LogP contribution < -0.4 is 16.7 Å². The van der Waals surface area contributed by atoms with E-state index in [2.05, 4.69) is 15.5 Å². The van der Waals surface area contributed by atoms with E-state index in [4.69, 9.17) is 0 Å². The van der Waals surface area contributed by atoms with Crippen molar-refractivity contribution in [3.8, 4) is 0 Å². The number of nitrogens with zero attached hydrogens (tertiary/aromatic N) is 5. The maximum Gasteiger partial charge on any atom is 0.332 e. The summed E-state index contributed by atoms with van der Waals surface area (Å²) < 4.78 is 4.00. The van der Waals surface area contributed by atoms with E-state index in [0.29, 0.717) is 23.5 Å². The van der Waals surface area contributed by atoms with Gasteiger partial charge in [-0.25, -0.2) is 10.2 Å². The molecule has 8 nitrogen and oxygen atoms in total. The highest BCUT2D eigenvalue weighted by Gasteiger charge is 2.16. The summed E-state index contributed by atoms with van der Waals surface area (Å²) in [5, 5.41) is 4.14. The number of fused-ring (bicyclic) bond motifs is 1. The number of hydrogen-bond donors (Lipinski definition) is 1. The van der Waals surface area contributed by atoms with Crippen molar-refractivity contribution < 1.29 is 0 Å². The molecule has 0 saturated carbocycles. The van der Waals surface area contributed by atoms with E-state index in [1.54, 1.807) is 24.9 Å². The Morgan fingerprint density at radius 3 is 2.50 bits per heavy atom. The van der Waals surface area contributed by atoms with Gasteiger partial charge in [0.25, 0.3) is 5.56 Å². The number of nitrogens with one attached hydrogen (secondary N) is 1. The lowest BCUT2D eigenvalue weighted by molar-refractivity contribution is 0.705. The Bertz CT molecular complexity index is 1030. The quantitative estimate of drug-likeness (QED) is 0.562. The Labute approximate surface area is 137 Å². The Kier molecular flexibility index (Phi) is 4.03. The van der Waals surface area contributed by atoms with Gasteiger partial charge in [0.2, 0.25) is 5.95 Å². The van der Waals surface area contributed by atoms with Crippen LogP contribution in [0.25, 0.3) is 11.2 Å². The molecule has 1 N–H and O–H groups in total. The molecule has 0 radical (unpaired) electrons. The molecular formula is C16H18N6O2. The van der Waals surface area contributed by atoms with Gasteiger partial charge in [0, 0.05) is 33.8 Å². The minimum atomic E-state index is -0.412. The number of rotatable bonds is 4. The van der Waals surface area contributed by atoms with Crippen molar-refractivity contribution in [1.29, 1.82) is 0 Å². The smallest absolute Gasteiger partial charge is 0.306 e. The average Bonchev–Trinajstić information content (AvgIpc) is 2.93. The Morgan fingerprint density at radius 2 is 1.79 bits per heavy atom. The van der Waals surface area contributed by atoms with Gasteiger partial charge in [-0.05, 0) is 5.56 Å². The van der Waals surface area contributed by atoms with Crippen molar-refractivity contribution in [1.82, 2.24) is 18.7 Å². The van der Waals surface area contributed by atoms with Crippen molar-refractivity contribution in [3.05, 3.63) is 56.7 Å². The van der Waals surface area contributed by atoms with Gasteiger partial charge < -0.3 is 4.57 Å². The number of imidazole rings is 1. The molecule has 8 heteroatoms. The molecule has 0 saturated heterocycles. The first-order chi connectivity index (χ1) is 11.5. The third kappa shape index (κ3) is 2.62. The third-order valence-corrected chi connectivity index (χ3v) is 3.90. The molecule has 3 rings (SSSR count). The fourth-order valence-corrected chi connectivity index (χ4v) is 2.49. The van der Waals surface area contributed by atoms with Gasteiger partial charge in [0.1, 0.15) is 0 Å². The molecule has 1 aromatic carbocycles. The molecule has 0 aliphatic rings. The van der Waals surface area contributed by atoms with E-state index in [9.17, 15) is 9.59 Å². The third-order valence-electron chi connectivity index (χ3n) is 3.90. The van der Waals surface area contributed by atoms with Crippen molar-refractivity contribution in [3.63, 3.8) is 0 Å². The zero-order valence-corrected chi connectivity index (χ0v) is 13.7. The van der Waals surface area contributed by atoms with Crippen LogP contribution in [0.15, 0.2) is 45.0 Å². The van der Waals surface area contributed by atoms with Crippen LogP contribution in [0.5, 0.6) is 0 Å². The lowest BCUT2D eigenvalue weighted by atomic mass is 10.2. The molecule has 3 aromatic rings. The summed E-state index contributed by atoms with van der Waals surface area (Å²) in [7, 11) is 4.73. The highest BCUT2D eigenvalue weighted by molar-refractivity contribution is 5.74. The maximum absolute atomic E-state index is 12.3. The number of hydrogen-bond acceptors (Lipinski definition) is 5. The zero-order chi connectivity index (χ0) is 17.3. The lowest BCUT2D eigenvalue weighted by Gasteiger charge is -2.03. The van der Waals surface area contributed by atoms with E-state index < -0.39 is 5.69 Å². The topological polar surface area (TPSA) is 86.2 Å².